The molecular weight excluding hydrogens is 184 g/mol. The van der Waals surface area contributed by atoms with Crippen molar-refractivity contribution in [2.45, 2.75) is 39.0 Å². The first kappa shape index (κ1) is 10.5. The second kappa shape index (κ2) is 3.84. The fourth-order valence-corrected chi connectivity index (χ4v) is 2.16. The van der Waals surface area contributed by atoms with E-state index in [9.17, 15) is 0 Å². The van der Waals surface area contributed by atoms with Crippen LogP contribution in [0.3, 0.4) is 0 Å². The van der Waals surface area contributed by atoms with Gasteiger partial charge in [-0.2, -0.15) is 0 Å². The van der Waals surface area contributed by atoms with Crippen LogP contribution in [-0.4, -0.2) is 18.1 Å². The summed E-state index contributed by atoms with van der Waals surface area (Å²) < 4.78 is 0. The van der Waals surface area contributed by atoms with Crippen molar-refractivity contribution in [1.29, 1.82) is 0 Å². The normalized spacial score (nSPS) is 17.1. The molecule has 0 radical (unpaired) electrons. The molecule has 1 aromatic heterocycles. The lowest BCUT2D eigenvalue weighted by atomic mass is 9.87. The third-order valence-corrected chi connectivity index (χ3v) is 3.00. The van der Waals surface area contributed by atoms with Gasteiger partial charge in [-0.05, 0) is 24.3 Å². The fraction of sp³-hybridized carbons (Fsp3) is 0.615. The number of anilines is 1. The van der Waals surface area contributed by atoms with E-state index in [0.29, 0.717) is 0 Å². The largest absolute Gasteiger partial charge is 0.356 e. The number of nitrogens with zero attached hydrogens (tertiary/aromatic N) is 2. The van der Waals surface area contributed by atoms with Crippen molar-refractivity contribution in [1.82, 2.24) is 4.98 Å². The second-order valence-electron chi connectivity index (χ2n) is 5.32. The molecule has 0 bridgehead atoms. The molecule has 0 saturated carbocycles. The highest BCUT2D eigenvalue weighted by molar-refractivity contribution is 5.50. The molecule has 0 amide bonds. The maximum Gasteiger partial charge on any atom is 0.132 e. The monoisotopic (exact) mass is 204 g/mol. The molecule has 1 aliphatic heterocycles. The molecule has 15 heavy (non-hydrogen) atoms. The van der Waals surface area contributed by atoms with E-state index in [-0.39, 0.29) is 5.41 Å². The fourth-order valence-electron chi connectivity index (χ4n) is 2.16. The minimum atomic E-state index is 0.187. The molecule has 1 aromatic rings. The summed E-state index contributed by atoms with van der Waals surface area (Å²) in [6.45, 7) is 9.09. The summed E-state index contributed by atoms with van der Waals surface area (Å²) in [6, 6.07) is 4.25. The Labute approximate surface area is 92.3 Å². The molecule has 2 nitrogen and oxygen atoms in total. The summed E-state index contributed by atoms with van der Waals surface area (Å²) in [4.78, 5) is 6.97. The van der Waals surface area contributed by atoms with Crippen LogP contribution >= 0.6 is 0 Å². The summed E-state index contributed by atoms with van der Waals surface area (Å²) in [7, 11) is 0. The maximum absolute atomic E-state index is 4.55. The minimum Gasteiger partial charge on any atom is -0.356 e. The van der Waals surface area contributed by atoms with Gasteiger partial charge in [-0.3, -0.25) is 0 Å². The highest BCUT2D eigenvalue weighted by Crippen LogP contribution is 2.31. The molecule has 1 fully saturated rings. The van der Waals surface area contributed by atoms with E-state index in [1.165, 1.54) is 37.3 Å². The molecule has 0 N–H and O–H groups in total. The predicted molar refractivity (Wildman–Crippen MR) is 64.4 cm³/mol. The van der Waals surface area contributed by atoms with Crippen molar-refractivity contribution in [3.05, 3.63) is 23.9 Å². The summed E-state index contributed by atoms with van der Waals surface area (Å²) in [5, 5.41) is 0. The van der Waals surface area contributed by atoms with E-state index in [1.807, 2.05) is 12.3 Å². The Morgan fingerprint density at radius 2 is 1.87 bits per heavy atom. The van der Waals surface area contributed by atoms with Gasteiger partial charge in [0.2, 0.25) is 0 Å². The highest BCUT2D eigenvalue weighted by Gasteiger charge is 2.23. The van der Waals surface area contributed by atoms with Gasteiger partial charge in [0.25, 0.3) is 0 Å². The molecule has 82 valence electrons. The van der Waals surface area contributed by atoms with Gasteiger partial charge in [-0.1, -0.05) is 26.8 Å². The Balaban J connectivity index is 2.37. The zero-order valence-corrected chi connectivity index (χ0v) is 9.95. The molecule has 0 aromatic carbocycles. The average Bonchev–Trinajstić information content (AvgIpc) is 2.69. The third-order valence-electron chi connectivity index (χ3n) is 3.00. The Hall–Kier alpha value is -1.05. The minimum absolute atomic E-state index is 0.187. The Morgan fingerprint density at radius 1 is 1.20 bits per heavy atom. The van der Waals surface area contributed by atoms with Crippen LogP contribution in [-0.2, 0) is 5.41 Å². The smallest absolute Gasteiger partial charge is 0.132 e. The van der Waals surface area contributed by atoms with Gasteiger partial charge in [0.15, 0.2) is 0 Å². The lowest BCUT2D eigenvalue weighted by Gasteiger charge is -2.27. The quantitative estimate of drug-likeness (QED) is 0.699. The van der Waals surface area contributed by atoms with E-state index in [1.54, 1.807) is 0 Å². The van der Waals surface area contributed by atoms with Crippen molar-refractivity contribution in [3.63, 3.8) is 0 Å². The van der Waals surface area contributed by atoms with Crippen molar-refractivity contribution >= 4 is 5.82 Å². The van der Waals surface area contributed by atoms with Crippen LogP contribution in [0, 0.1) is 0 Å². The predicted octanol–water partition coefficient (Wildman–Crippen LogP) is 2.98. The van der Waals surface area contributed by atoms with Gasteiger partial charge in [0, 0.05) is 24.8 Å². The number of rotatable bonds is 1. The Bertz CT molecular complexity index is 333. The third kappa shape index (κ3) is 2.14. The molecule has 0 unspecified atom stereocenters. The Kier molecular flexibility index (Phi) is 2.68. The lowest BCUT2D eigenvalue weighted by molar-refractivity contribution is 0.585. The average molecular weight is 204 g/mol. The van der Waals surface area contributed by atoms with Crippen molar-refractivity contribution in [3.8, 4) is 0 Å². The van der Waals surface area contributed by atoms with Crippen LogP contribution in [0.25, 0.3) is 0 Å². The molecule has 2 rings (SSSR count). The van der Waals surface area contributed by atoms with Gasteiger partial charge >= 0.3 is 0 Å². The summed E-state index contributed by atoms with van der Waals surface area (Å²) in [6.07, 6.45) is 4.52. The molecule has 1 aliphatic rings. The summed E-state index contributed by atoms with van der Waals surface area (Å²) in [5.41, 5.74) is 1.55. The van der Waals surface area contributed by atoms with Crippen LogP contribution in [0.15, 0.2) is 18.3 Å². The van der Waals surface area contributed by atoms with Crippen molar-refractivity contribution < 1.29 is 0 Å². The number of pyridine rings is 1. The van der Waals surface area contributed by atoms with E-state index in [4.69, 9.17) is 0 Å². The van der Waals surface area contributed by atoms with Gasteiger partial charge in [0.05, 0.1) is 0 Å². The SMILES string of the molecule is CC(C)(C)c1cccnc1N1CCCC1. The van der Waals surface area contributed by atoms with Crippen LogP contribution in [0.1, 0.15) is 39.2 Å². The zero-order valence-electron chi connectivity index (χ0n) is 9.95. The van der Waals surface area contributed by atoms with E-state index < -0.39 is 0 Å². The lowest BCUT2D eigenvalue weighted by Crippen LogP contribution is -2.24. The second-order valence-corrected chi connectivity index (χ2v) is 5.32. The molecule has 2 heteroatoms. The van der Waals surface area contributed by atoms with Gasteiger partial charge in [-0.15, -0.1) is 0 Å². The molecule has 0 atom stereocenters. The first-order valence-electron chi connectivity index (χ1n) is 5.79. The van der Waals surface area contributed by atoms with Crippen LogP contribution in [0.5, 0.6) is 0 Å². The zero-order chi connectivity index (χ0) is 10.9. The van der Waals surface area contributed by atoms with Crippen molar-refractivity contribution in [2.24, 2.45) is 0 Å². The van der Waals surface area contributed by atoms with Gasteiger partial charge in [-0.25, -0.2) is 4.98 Å². The molecule has 1 saturated heterocycles. The molecular formula is C13H20N2. The number of hydrogen-bond acceptors (Lipinski definition) is 2. The van der Waals surface area contributed by atoms with E-state index in [0.717, 1.165) is 0 Å². The number of hydrogen-bond donors (Lipinski definition) is 0. The molecule has 0 spiro atoms. The van der Waals surface area contributed by atoms with E-state index >= 15 is 0 Å². The number of aromatic nitrogens is 1. The molecule has 0 aliphatic carbocycles. The van der Waals surface area contributed by atoms with Crippen LogP contribution < -0.4 is 4.90 Å². The van der Waals surface area contributed by atoms with Crippen LogP contribution in [0.2, 0.25) is 0 Å². The van der Waals surface area contributed by atoms with Crippen molar-refractivity contribution in [2.75, 3.05) is 18.0 Å². The summed E-state index contributed by atoms with van der Waals surface area (Å²) in [5.74, 6) is 1.20. The van der Waals surface area contributed by atoms with Gasteiger partial charge < -0.3 is 4.90 Å². The summed E-state index contributed by atoms with van der Waals surface area (Å²) >= 11 is 0. The van der Waals surface area contributed by atoms with E-state index in [2.05, 4.69) is 36.7 Å². The van der Waals surface area contributed by atoms with Gasteiger partial charge in [0.1, 0.15) is 5.82 Å². The highest BCUT2D eigenvalue weighted by atomic mass is 15.2. The standard InChI is InChI=1S/C13H20N2/c1-13(2,3)11-7-6-8-14-12(11)15-9-4-5-10-15/h6-8H,4-5,9-10H2,1-3H3. The van der Waals surface area contributed by atoms with Crippen LogP contribution in [0.4, 0.5) is 5.82 Å². The first-order chi connectivity index (χ1) is 7.09. The topological polar surface area (TPSA) is 16.1 Å². The molecule has 2 heterocycles. The maximum atomic E-state index is 4.55. The first-order valence-corrected chi connectivity index (χ1v) is 5.79. The Morgan fingerprint density at radius 3 is 2.47 bits per heavy atom.